The van der Waals surface area contributed by atoms with Gasteiger partial charge < -0.3 is 15.3 Å². The van der Waals surface area contributed by atoms with E-state index >= 15 is 0 Å². The normalized spacial score (nSPS) is 21.7. The Bertz CT molecular complexity index is 542. The number of hydrogen-bond donors (Lipinski definition) is 2. The highest BCUT2D eigenvalue weighted by Gasteiger charge is 2.36. The first-order valence-corrected chi connectivity index (χ1v) is 9.09. The van der Waals surface area contributed by atoms with Crippen LogP contribution in [0.1, 0.15) is 49.7 Å². The molecule has 1 aliphatic heterocycles. The van der Waals surface area contributed by atoms with Crippen molar-refractivity contribution in [2.75, 3.05) is 13.1 Å². The van der Waals surface area contributed by atoms with E-state index in [1.165, 1.54) is 11.3 Å². The van der Waals surface area contributed by atoms with Gasteiger partial charge in [-0.25, -0.2) is 0 Å². The van der Waals surface area contributed by atoms with E-state index in [4.69, 9.17) is 0 Å². The predicted molar refractivity (Wildman–Crippen MR) is 91.5 cm³/mol. The van der Waals surface area contributed by atoms with Gasteiger partial charge in [-0.2, -0.15) is 0 Å². The van der Waals surface area contributed by atoms with Crippen molar-refractivity contribution in [3.8, 4) is 0 Å². The Morgan fingerprint density at radius 1 is 1.57 bits per heavy atom. The van der Waals surface area contributed by atoms with Crippen molar-refractivity contribution in [2.24, 2.45) is 5.92 Å². The van der Waals surface area contributed by atoms with Crippen molar-refractivity contribution in [1.29, 1.82) is 0 Å². The summed E-state index contributed by atoms with van der Waals surface area (Å²) >= 11 is 1.39. The fraction of sp³-hybridized carbons (Fsp3) is 0.647. The van der Waals surface area contributed by atoms with Crippen LogP contribution >= 0.6 is 11.3 Å². The fourth-order valence-electron chi connectivity index (χ4n) is 2.82. The van der Waals surface area contributed by atoms with E-state index in [1.807, 2.05) is 25.3 Å². The number of nitrogens with one attached hydrogen (secondary N) is 1. The molecule has 2 unspecified atom stereocenters. The Hall–Kier alpha value is -1.40. The number of amides is 2. The third kappa shape index (κ3) is 4.12. The molecule has 0 spiro atoms. The summed E-state index contributed by atoms with van der Waals surface area (Å²) < 4.78 is 0. The van der Waals surface area contributed by atoms with Crippen LogP contribution in [-0.4, -0.2) is 46.6 Å². The van der Waals surface area contributed by atoms with Crippen molar-refractivity contribution in [2.45, 2.75) is 51.7 Å². The Morgan fingerprint density at radius 3 is 2.91 bits per heavy atom. The maximum Gasteiger partial charge on any atom is 0.264 e. The van der Waals surface area contributed by atoms with Gasteiger partial charge in [-0.15, -0.1) is 11.3 Å². The lowest BCUT2D eigenvalue weighted by Crippen LogP contribution is -2.51. The topological polar surface area (TPSA) is 69.6 Å². The van der Waals surface area contributed by atoms with Crippen LogP contribution in [0.2, 0.25) is 0 Å². The third-order valence-electron chi connectivity index (χ3n) is 4.84. The lowest BCUT2D eigenvalue weighted by molar-refractivity contribution is -0.126. The van der Waals surface area contributed by atoms with Gasteiger partial charge in [-0.05, 0) is 37.1 Å². The molecule has 1 aromatic heterocycles. The second kappa shape index (κ2) is 7.45. The second-order valence-electron chi connectivity index (χ2n) is 6.52. The first-order chi connectivity index (χ1) is 10.9. The first-order valence-electron chi connectivity index (χ1n) is 8.21. The molecular weight excluding hydrogens is 312 g/mol. The summed E-state index contributed by atoms with van der Waals surface area (Å²) in [7, 11) is 0. The van der Waals surface area contributed by atoms with Crippen LogP contribution in [0.25, 0.3) is 0 Å². The zero-order valence-corrected chi connectivity index (χ0v) is 14.9. The van der Waals surface area contributed by atoms with Crippen LogP contribution in [0.5, 0.6) is 0 Å². The summed E-state index contributed by atoms with van der Waals surface area (Å²) in [5, 5.41) is 15.1. The zero-order chi connectivity index (χ0) is 17.0. The van der Waals surface area contributed by atoms with Gasteiger partial charge in [-0.1, -0.05) is 26.3 Å². The molecule has 1 aliphatic rings. The molecule has 0 saturated carbocycles. The zero-order valence-electron chi connectivity index (χ0n) is 14.0. The lowest BCUT2D eigenvalue weighted by atomic mass is 9.88. The number of aliphatic hydroxyl groups is 1. The number of carbonyl (C=O) groups excluding carboxylic acids is 2. The second-order valence-corrected chi connectivity index (χ2v) is 7.47. The summed E-state index contributed by atoms with van der Waals surface area (Å²) in [6.07, 6.45) is 2.35. The molecule has 0 bridgehead atoms. The van der Waals surface area contributed by atoms with Crippen LogP contribution in [0.15, 0.2) is 17.5 Å². The number of rotatable bonds is 6. The van der Waals surface area contributed by atoms with Crippen molar-refractivity contribution in [3.63, 3.8) is 0 Å². The molecule has 1 saturated heterocycles. The molecule has 2 heterocycles. The van der Waals surface area contributed by atoms with Gasteiger partial charge in [0.2, 0.25) is 5.91 Å². The maximum atomic E-state index is 12.5. The van der Waals surface area contributed by atoms with E-state index in [1.54, 1.807) is 17.9 Å². The maximum absolute atomic E-state index is 12.5. The van der Waals surface area contributed by atoms with E-state index < -0.39 is 11.6 Å². The van der Waals surface area contributed by atoms with Crippen molar-refractivity contribution < 1.29 is 14.7 Å². The summed E-state index contributed by atoms with van der Waals surface area (Å²) in [5.41, 5.74) is -0.939. The van der Waals surface area contributed by atoms with Crippen LogP contribution in [0.3, 0.4) is 0 Å². The van der Waals surface area contributed by atoms with Gasteiger partial charge in [-0.3, -0.25) is 9.59 Å². The van der Waals surface area contributed by atoms with Gasteiger partial charge in [0.25, 0.3) is 5.91 Å². The third-order valence-corrected chi connectivity index (χ3v) is 5.70. The minimum atomic E-state index is -0.939. The summed E-state index contributed by atoms with van der Waals surface area (Å²) in [4.78, 5) is 27.3. The van der Waals surface area contributed by atoms with Gasteiger partial charge >= 0.3 is 0 Å². The molecule has 0 aromatic carbocycles. The highest BCUT2D eigenvalue weighted by Crippen LogP contribution is 2.23. The Balaban J connectivity index is 1.97. The molecule has 0 aliphatic carbocycles. The lowest BCUT2D eigenvalue weighted by Gasteiger charge is -2.31. The molecule has 6 heteroatoms. The molecular formula is C17H26N2O3S. The number of thiophene rings is 1. The van der Waals surface area contributed by atoms with Crippen molar-refractivity contribution in [3.05, 3.63) is 22.4 Å². The van der Waals surface area contributed by atoms with Crippen molar-refractivity contribution in [1.82, 2.24) is 10.2 Å². The standard InChI is InChI=1S/C17H26N2O3S/c1-4-12(2)17(3,22)11-18-15(20)13-7-5-9-19(13)16(21)14-8-6-10-23-14/h6,8,10,12-13,22H,4-5,7,9,11H2,1-3H3,(H,18,20)/t12?,13-,17?/m0/s1. The smallest absolute Gasteiger partial charge is 0.264 e. The van der Waals surface area contributed by atoms with Crippen molar-refractivity contribution >= 4 is 23.2 Å². The monoisotopic (exact) mass is 338 g/mol. The van der Waals surface area contributed by atoms with Crippen LogP contribution in [0, 0.1) is 5.92 Å². The minimum Gasteiger partial charge on any atom is -0.388 e. The molecule has 1 fully saturated rings. The molecule has 5 nitrogen and oxygen atoms in total. The molecule has 1 aromatic rings. The van der Waals surface area contributed by atoms with Gasteiger partial charge in [0.05, 0.1) is 10.5 Å². The first kappa shape index (κ1) is 17.9. The average molecular weight is 338 g/mol. The number of carbonyl (C=O) groups is 2. The minimum absolute atomic E-state index is 0.0775. The number of likely N-dealkylation sites (tertiary alicyclic amines) is 1. The molecule has 23 heavy (non-hydrogen) atoms. The fourth-order valence-corrected chi connectivity index (χ4v) is 3.50. The molecule has 0 radical (unpaired) electrons. The average Bonchev–Trinajstić information content (AvgIpc) is 3.21. The largest absolute Gasteiger partial charge is 0.388 e. The molecule has 128 valence electrons. The highest BCUT2D eigenvalue weighted by molar-refractivity contribution is 7.12. The van der Waals surface area contributed by atoms with E-state index in [2.05, 4.69) is 5.32 Å². The predicted octanol–water partition coefficient (Wildman–Crippen LogP) is 2.27. The van der Waals surface area contributed by atoms with E-state index in [-0.39, 0.29) is 24.3 Å². The quantitative estimate of drug-likeness (QED) is 0.836. The van der Waals surface area contributed by atoms with Gasteiger partial charge in [0.1, 0.15) is 6.04 Å². The highest BCUT2D eigenvalue weighted by atomic mass is 32.1. The van der Waals surface area contributed by atoms with E-state index in [0.29, 0.717) is 17.8 Å². The summed E-state index contributed by atoms with van der Waals surface area (Å²) in [5.74, 6) is -0.155. The van der Waals surface area contributed by atoms with Crippen LogP contribution < -0.4 is 5.32 Å². The van der Waals surface area contributed by atoms with Gasteiger partial charge in [0, 0.05) is 13.1 Å². The Kier molecular flexibility index (Phi) is 5.81. The summed E-state index contributed by atoms with van der Waals surface area (Å²) in [6, 6.07) is 3.19. The number of hydrogen-bond acceptors (Lipinski definition) is 4. The van der Waals surface area contributed by atoms with Gasteiger partial charge in [0.15, 0.2) is 0 Å². The van der Waals surface area contributed by atoms with Crippen LogP contribution in [0.4, 0.5) is 0 Å². The van der Waals surface area contributed by atoms with E-state index in [9.17, 15) is 14.7 Å². The molecule has 2 amide bonds. The summed E-state index contributed by atoms with van der Waals surface area (Å²) in [6.45, 7) is 6.54. The molecule has 3 atom stereocenters. The molecule has 2 N–H and O–H groups in total. The van der Waals surface area contributed by atoms with E-state index in [0.717, 1.165) is 12.8 Å². The number of nitrogens with zero attached hydrogens (tertiary/aromatic N) is 1. The Morgan fingerprint density at radius 2 is 2.30 bits per heavy atom. The molecule has 2 rings (SSSR count). The Labute approximate surface area is 141 Å². The SMILES string of the molecule is CCC(C)C(C)(O)CNC(=O)[C@@H]1CCCN1C(=O)c1cccs1. The van der Waals surface area contributed by atoms with Crippen LogP contribution in [-0.2, 0) is 4.79 Å².